The van der Waals surface area contributed by atoms with Gasteiger partial charge in [-0.3, -0.25) is 5.26 Å². The van der Waals surface area contributed by atoms with Gasteiger partial charge in [-0.05, 0) is 17.2 Å². The molecule has 2 unspecified atom stereocenters. The minimum Gasteiger partial charge on any atom is -0.385 e. The molecule has 1 aliphatic carbocycles. The Morgan fingerprint density at radius 1 is 1.23 bits per heavy atom. The Morgan fingerprint density at radius 3 is 2.77 bits per heavy atom. The Morgan fingerprint density at radius 2 is 2.00 bits per heavy atom. The van der Waals surface area contributed by atoms with Crippen molar-refractivity contribution in [2.24, 2.45) is 0 Å². The van der Waals surface area contributed by atoms with Crippen LogP contribution in [-0.2, 0) is 4.89 Å². The number of hydrogen-bond donors (Lipinski definition) is 2. The summed E-state index contributed by atoms with van der Waals surface area (Å²) in [5.74, 6) is 0. The zero-order valence-corrected chi connectivity index (χ0v) is 6.92. The number of aliphatic hydroxyl groups is 1. The molecule has 0 aliphatic heterocycles. The molecule has 0 fully saturated rings. The molecule has 2 atom stereocenters. The van der Waals surface area contributed by atoms with E-state index in [9.17, 15) is 5.11 Å². The molecule has 0 radical (unpaired) electrons. The molecule has 1 aromatic carbocycles. The molecule has 2 rings (SSSR count). The van der Waals surface area contributed by atoms with Gasteiger partial charge in [0.2, 0.25) is 0 Å². The van der Waals surface area contributed by atoms with E-state index in [1.54, 1.807) is 6.08 Å². The van der Waals surface area contributed by atoms with E-state index in [-0.39, 0.29) is 0 Å². The van der Waals surface area contributed by atoms with E-state index in [0.717, 1.165) is 11.1 Å². The van der Waals surface area contributed by atoms with Crippen LogP contribution in [0, 0.1) is 0 Å². The molecule has 0 bridgehead atoms. The van der Waals surface area contributed by atoms with Crippen LogP contribution in [0.4, 0.5) is 0 Å². The van der Waals surface area contributed by atoms with Gasteiger partial charge in [0.25, 0.3) is 0 Å². The maximum absolute atomic E-state index is 9.68. The summed E-state index contributed by atoms with van der Waals surface area (Å²) in [6.07, 6.45) is 2.01. The molecule has 68 valence electrons. The molecule has 2 N–H and O–H groups in total. The molecule has 0 saturated heterocycles. The number of benzene rings is 1. The second-order valence-electron chi connectivity index (χ2n) is 3.00. The summed E-state index contributed by atoms with van der Waals surface area (Å²) in [6.45, 7) is 0. The fourth-order valence-electron chi connectivity index (χ4n) is 1.51. The lowest BCUT2D eigenvalue weighted by molar-refractivity contribution is -0.284. The molecule has 0 spiro atoms. The Kier molecular flexibility index (Phi) is 2.14. The lowest BCUT2D eigenvalue weighted by atomic mass is 9.93. The highest BCUT2D eigenvalue weighted by molar-refractivity contribution is 5.58. The Hall–Kier alpha value is -1.16. The lowest BCUT2D eigenvalue weighted by Gasteiger charge is -2.22. The lowest BCUT2D eigenvalue weighted by Crippen LogP contribution is -2.21. The summed E-state index contributed by atoms with van der Waals surface area (Å²) in [5.41, 5.74) is 1.74. The molecule has 3 heteroatoms. The molecule has 1 aromatic rings. The third-order valence-corrected chi connectivity index (χ3v) is 2.21. The molecule has 0 heterocycles. The van der Waals surface area contributed by atoms with Crippen LogP contribution in [0.15, 0.2) is 30.3 Å². The van der Waals surface area contributed by atoms with Gasteiger partial charge in [-0.15, -0.1) is 0 Å². The second kappa shape index (κ2) is 3.30. The summed E-state index contributed by atoms with van der Waals surface area (Å²) in [4.78, 5) is 4.12. The van der Waals surface area contributed by atoms with Crippen LogP contribution in [0.5, 0.6) is 0 Å². The number of fused-ring (bicyclic) bond motifs is 1. The van der Waals surface area contributed by atoms with Crippen molar-refractivity contribution in [2.45, 2.75) is 12.2 Å². The minimum absolute atomic E-state index is 0.658. The Balaban J connectivity index is 2.42. The largest absolute Gasteiger partial charge is 0.385 e. The van der Waals surface area contributed by atoms with Crippen LogP contribution in [-0.4, -0.2) is 16.5 Å². The average molecular weight is 178 g/mol. The molecule has 0 amide bonds. The van der Waals surface area contributed by atoms with Crippen molar-refractivity contribution in [1.82, 2.24) is 0 Å². The number of hydrogen-bond acceptors (Lipinski definition) is 3. The molecule has 3 nitrogen and oxygen atoms in total. The monoisotopic (exact) mass is 178 g/mol. The second-order valence-corrected chi connectivity index (χ2v) is 3.00. The average Bonchev–Trinajstić information content (AvgIpc) is 2.19. The fourth-order valence-corrected chi connectivity index (χ4v) is 1.51. The Bertz CT molecular complexity index is 333. The summed E-state index contributed by atoms with van der Waals surface area (Å²) >= 11 is 0. The van der Waals surface area contributed by atoms with Gasteiger partial charge in [-0.1, -0.05) is 30.3 Å². The molecular weight excluding hydrogens is 168 g/mol. The highest BCUT2D eigenvalue weighted by Gasteiger charge is 2.24. The quantitative estimate of drug-likeness (QED) is 0.507. The summed E-state index contributed by atoms with van der Waals surface area (Å²) in [5, 5.41) is 18.2. The number of aliphatic hydroxyl groups excluding tert-OH is 1. The topological polar surface area (TPSA) is 49.7 Å². The highest BCUT2D eigenvalue weighted by Crippen LogP contribution is 2.28. The van der Waals surface area contributed by atoms with Crippen molar-refractivity contribution >= 4 is 6.08 Å². The summed E-state index contributed by atoms with van der Waals surface area (Å²) in [7, 11) is 0. The van der Waals surface area contributed by atoms with E-state index >= 15 is 0 Å². The third-order valence-electron chi connectivity index (χ3n) is 2.21. The smallest absolute Gasteiger partial charge is 0.141 e. The van der Waals surface area contributed by atoms with Gasteiger partial charge in [-0.2, -0.15) is 0 Å². The van der Waals surface area contributed by atoms with Crippen LogP contribution >= 0.6 is 0 Å². The van der Waals surface area contributed by atoms with Crippen LogP contribution in [0.25, 0.3) is 6.08 Å². The van der Waals surface area contributed by atoms with Crippen molar-refractivity contribution in [2.75, 3.05) is 0 Å². The van der Waals surface area contributed by atoms with Gasteiger partial charge in [0.1, 0.15) is 12.2 Å². The van der Waals surface area contributed by atoms with Gasteiger partial charge in [0.05, 0.1) is 0 Å². The molecule has 0 saturated carbocycles. The van der Waals surface area contributed by atoms with Crippen molar-refractivity contribution in [3.8, 4) is 0 Å². The fraction of sp³-hybridized carbons (Fsp3) is 0.200. The molecular formula is C10H10O3. The zero-order chi connectivity index (χ0) is 9.26. The van der Waals surface area contributed by atoms with Crippen molar-refractivity contribution in [3.63, 3.8) is 0 Å². The van der Waals surface area contributed by atoms with Crippen LogP contribution in [0.1, 0.15) is 17.2 Å². The van der Waals surface area contributed by atoms with Gasteiger partial charge >= 0.3 is 0 Å². The maximum atomic E-state index is 9.68. The van der Waals surface area contributed by atoms with E-state index in [1.807, 2.05) is 30.3 Å². The van der Waals surface area contributed by atoms with Gasteiger partial charge in [-0.25, -0.2) is 4.89 Å². The van der Waals surface area contributed by atoms with E-state index in [2.05, 4.69) is 4.89 Å². The first-order valence-electron chi connectivity index (χ1n) is 4.08. The van der Waals surface area contributed by atoms with E-state index in [4.69, 9.17) is 5.26 Å². The van der Waals surface area contributed by atoms with Crippen molar-refractivity contribution in [3.05, 3.63) is 41.5 Å². The van der Waals surface area contributed by atoms with E-state index in [1.165, 1.54) is 0 Å². The molecule has 0 aromatic heterocycles. The third kappa shape index (κ3) is 1.37. The van der Waals surface area contributed by atoms with Crippen LogP contribution < -0.4 is 0 Å². The predicted molar refractivity (Wildman–Crippen MR) is 47.9 cm³/mol. The zero-order valence-electron chi connectivity index (χ0n) is 6.92. The van der Waals surface area contributed by atoms with Gasteiger partial charge < -0.3 is 5.11 Å². The molecule has 13 heavy (non-hydrogen) atoms. The minimum atomic E-state index is -0.786. The summed E-state index contributed by atoms with van der Waals surface area (Å²) in [6, 6.07) is 7.46. The first-order valence-corrected chi connectivity index (χ1v) is 4.08. The first-order chi connectivity index (χ1) is 6.33. The summed E-state index contributed by atoms with van der Waals surface area (Å²) < 4.78 is 0. The predicted octanol–water partition coefficient (Wildman–Crippen LogP) is 1.60. The van der Waals surface area contributed by atoms with Gasteiger partial charge in [0, 0.05) is 0 Å². The van der Waals surface area contributed by atoms with Crippen LogP contribution in [0.2, 0.25) is 0 Å². The van der Waals surface area contributed by atoms with E-state index in [0.29, 0.717) is 0 Å². The van der Waals surface area contributed by atoms with Crippen LogP contribution in [0.3, 0.4) is 0 Å². The van der Waals surface area contributed by atoms with Crippen molar-refractivity contribution in [1.29, 1.82) is 0 Å². The molecule has 1 aliphatic rings. The van der Waals surface area contributed by atoms with Gasteiger partial charge in [0.15, 0.2) is 0 Å². The van der Waals surface area contributed by atoms with Crippen molar-refractivity contribution < 1.29 is 15.3 Å². The normalized spacial score (nSPS) is 25.7. The first kappa shape index (κ1) is 8.44. The highest BCUT2D eigenvalue weighted by atomic mass is 17.1. The SMILES string of the molecule is OOC1C=Cc2ccccc2C1O. The number of rotatable bonds is 1. The standard InChI is InChI=1S/C10H10O3/c11-10-8-4-2-1-3-7(8)5-6-9(10)13-12/h1-6,9-12H. The Labute approximate surface area is 75.8 Å². The van der Waals surface area contributed by atoms with E-state index < -0.39 is 12.2 Å². The maximum Gasteiger partial charge on any atom is 0.141 e.